The lowest BCUT2D eigenvalue weighted by Crippen LogP contribution is -2.17. The maximum absolute atomic E-state index is 11.8. The van der Waals surface area contributed by atoms with E-state index in [-0.39, 0.29) is 12.5 Å². The number of ether oxygens (including phenoxy) is 2. The van der Waals surface area contributed by atoms with Gasteiger partial charge in [-0.2, -0.15) is 0 Å². The van der Waals surface area contributed by atoms with Gasteiger partial charge in [-0.3, -0.25) is 4.79 Å². The monoisotopic (exact) mass is 397 g/mol. The number of hydrogen-bond acceptors (Lipinski definition) is 4. The van der Waals surface area contributed by atoms with Crippen LogP contribution in [-0.2, 0) is 9.59 Å². The molecule has 0 unspecified atom stereocenters. The van der Waals surface area contributed by atoms with E-state index in [0.717, 1.165) is 4.47 Å². The first kappa shape index (κ1) is 17.3. The predicted molar refractivity (Wildman–Crippen MR) is 91.0 cm³/mol. The topological polar surface area (TPSA) is 64.6 Å². The molecule has 0 heterocycles. The van der Waals surface area contributed by atoms with Gasteiger partial charge in [0.1, 0.15) is 11.5 Å². The highest BCUT2D eigenvalue weighted by Gasteiger charge is 2.09. The van der Waals surface area contributed by atoms with Crippen molar-refractivity contribution in [3.05, 3.63) is 52.0 Å². The van der Waals surface area contributed by atoms with E-state index in [4.69, 9.17) is 21.1 Å². The second-order valence-corrected chi connectivity index (χ2v) is 5.87. The first-order chi connectivity index (χ1) is 10.9. The molecule has 1 amide bonds. The molecule has 1 N–H and O–H groups in total. The minimum atomic E-state index is -0.559. The van der Waals surface area contributed by atoms with Crippen LogP contribution in [0.3, 0.4) is 0 Å². The highest BCUT2D eigenvalue weighted by molar-refractivity contribution is 9.10. The fourth-order valence-corrected chi connectivity index (χ4v) is 2.43. The summed E-state index contributed by atoms with van der Waals surface area (Å²) in [5.41, 5.74) is 0.621. The van der Waals surface area contributed by atoms with Gasteiger partial charge in [-0.1, -0.05) is 27.5 Å². The van der Waals surface area contributed by atoms with E-state index in [2.05, 4.69) is 21.2 Å². The number of benzene rings is 2. The molecule has 0 aliphatic heterocycles. The molecule has 2 aromatic rings. The van der Waals surface area contributed by atoms with Crippen LogP contribution in [0.1, 0.15) is 6.92 Å². The summed E-state index contributed by atoms with van der Waals surface area (Å²) in [6.07, 6.45) is 0. The Labute approximate surface area is 146 Å². The molecule has 0 bridgehead atoms. The average molecular weight is 399 g/mol. The van der Waals surface area contributed by atoms with Crippen molar-refractivity contribution in [1.82, 2.24) is 0 Å². The van der Waals surface area contributed by atoms with Gasteiger partial charge in [-0.15, -0.1) is 0 Å². The number of rotatable bonds is 5. The van der Waals surface area contributed by atoms with Gasteiger partial charge in [0.05, 0.1) is 5.02 Å². The van der Waals surface area contributed by atoms with Gasteiger partial charge in [-0.05, 0) is 42.5 Å². The van der Waals surface area contributed by atoms with E-state index in [9.17, 15) is 9.59 Å². The molecule has 0 aliphatic carbocycles. The average Bonchev–Trinajstić information content (AvgIpc) is 2.48. The third-order valence-electron chi connectivity index (χ3n) is 2.65. The first-order valence-corrected chi connectivity index (χ1v) is 7.77. The normalized spacial score (nSPS) is 10.0. The highest BCUT2D eigenvalue weighted by atomic mass is 79.9. The lowest BCUT2D eigenvalue weighted by atomic mass is 10.3. The molecule has 23 heavy (non-hydrogen) atoms. The molecule has 0 aromatic heterocycles. The summed E-state index contributed by atoms with van der Waals surface area (Å²) in [6.45, 7) is 1.15. The number of anilines is 1. The number of carbonyl (C=O) groups excluding carboxylic acids is 2. The predicted octanol–water partition coefficient (Wildman–Crippen LogP) is 4.05. The summed E-state index contributed by atoms with van der Waals surface area (Å²) in [4.78, 5) is 22.7. The molecule has 2 aromatic carbocycles. The number of amides is 1. The van der Waals surface area contributed by atoms with Crippen molar-refractivity contribution >= 4 is 45.1 Å². The van der Waals surface area contributed by atoms with E-state index < -0.39 is 5.97 Å². The van der Waals surface area contributed by atoms with Crippen LogP contribution in [0.5, 0.6) is 11.5 Å². The van der Waals surface area contributed by atoms with Crippen LogP contribution in [0.4, 0.5) is 5.69 Å². The lowest BCUT2D eigenvalue weighted by molar-refractivity contribution is -0.136. The first-order valence-electron chi connectivity index (χ1n) is 6.60. The summed E-state index contributed by atoms with van der Waals surface area (Å²) in [5.74, 6) is 0.0215. The minimum absolute atomic E-state index is 0.172. The van der Waals surface area contributed by atoms with Crippen molar-refractivity contribution in [1.29, 1.82) is 0 Å². The van der Waals surface area contributed by atoms with Gasteiger partial charge >= 0.3 is 5.97 Å². The molecule has 7 heteroatoms. The molecule has 0 radical (unpaired) electrons. The Morgan fingerprint density at radius 1 is 1.17 bits per heavy atom. The Morgan fingerprint density at radius 3 is 2.48 bits per heavy atom. The van der Waals surface area contributed by atoms with Gasteiger partial charge in [0.25, 0.3) is 0 Å². The van der Waals surface area contributed by atoms with E-state index >= 15 is 0 Å². The molecule has 2 rings (SSSR count). The summed E-state index contributed by atoms with van der Waals surface area (Å²) >= 11 is 9.27. The molecule has 0 aliphatic rings. The second kappa shape index (κ2) is 7.99. The number of carbonyl (C=O) groups is 2. The zero-order valence-electron chi connectivity index (χ0n) is 12.1. The fourth-order valence-electron chi connectivity index (χ4n) is 1.70. The van der Waals surface area contributed by atoms with Gasteiger partial charge in [0, 0.05) is 17.1 Å². The van der Waals surface area contributed by atoms with Crippen LogP contribution in [-0.4, -0.2) is 18.5 Å². The van der Waals surface area contributed by atoms with E-state index in [1.165, 1.54) is 6.92 Å². The van der Waals surface area contributed by atoms with Crippen LogP contribution in [0.25, 0.3) is 0 Å². The molecule has 5 nitrogen and oxygen atoms in total. The molecule has 0 saturated heterocycles. The Morgan fingerprint density at radius 2 is 1.87 bits per heavy atom. The van der Waals surface area contributed by atoms with Crippen molar-refractivity contribution in [2.24, 2.45) is 0 Å². The number of esters is 1. The quantitative estimate of drug-likeness (QED) is 0.610. The van der Waals surface area contributed by atoms with Crippen LogP contribution in [0.15, 0.2) is 46.9 Å². The van der Waals surface area contributed by atoms with Crippen LogP contribution < -0.4 is 14.8 Å². The number of halogens is 2. The molecular formula is C16H13BrClNO4. The third-order valence-corrected chi connectivity index (χ3v) is 3.43. The maximum atomic E-state index is 11.8. The van der Waals surface area contributed by atoms with E-state index in [1.54, 1.807) is 42.5 Å². The SMILES string of the molecule is CC(=O)Nc1ccc(OC(=O)COc2ccc(Br)cc2Cl)cc1. The minimum Gasteiger partial charge on any atom is -0.480 e. The van der Waals surface area contributed by atoms with Gasteiger partial charge in [0.15, 0.2) is 6.61 Å². The van der Waals surface area contributed by atoms with Gasteiger partial charge in [0.2, 0.25) is 5.91 Å². The van der Waals surface area contributed by atoms with Crippen molar-refractivity contribution < 1.29 is 19.1 Å². The highest BCUT2D eigenvalue weighted by Crippen LogP contribution is 2.27. The Hall–Kier alpha value is -2.05. The smallest absolute Gasteiger partial charge is 0.349 e. The molecule has 120 valence electrons. The summed E-state index contributed by atoms with van der Waals surface area (Å²) in [6, 6.07) is 11.5. The van der Waals surface area contributed by atoms with Crippen LogP contribution >= 0.6 is 27.5 Å². The van der Waals surface area contributed by atoms with Crippen LogP contribution in [0.2, 0.25) is 5.02 Å². The Balaban J connectivity index is 1.88. The summed E-state index contributed by atoms with van der Waals surface area (Å²) in [5, 5.41) is 3.02. The molecular weight excluding hydrogens is 386 g/mol. The van der Waals surface area contributed by atoms with Gasteiger partial charge < -0.3 is 14.8 Å². The zero-order chi connectivity index (χ0) is 16.8. The van der Waals surface area contributed by atoms with Gasteiger partial charge in [-0.25, -0.2) is 4.79 Å². The van der Waals surface area contributed by atoms with Crippen molar-refractivity contribution in [3.63, 3.8) is 0 Å². The van der Waals surface area contributed by atoms with E-state index in [0.29, 0.717) is 22.2 Å². The standard InChI is InChI=1S/C16H13BrClNO4/c1-10(20)19-12-3-5-13(6-4-12)23-16(21)9-22-15-7-2-11(17)8-14(15)18/h2-8H,9H2,1H3,(H,19,20). The lowest BCUT2D eigenvalue weighted by Gasteiger charge is -2.09. The molecule has 0 spiro atoms. The van der Waals surface area contributed by atoms with Crippen LogP contribution in [0, 0.1) is 0 Å². The molecule has 0 fully saturated rings. The van der Waals surface area contributed by atoms with Crippen molar-refractivity contribution in [2.75, 3.05) is 11.9 Å². The maximum Gasteiger partial charge on any atom is 0.349 e. The zero-order valence-corrected chi connectivity index (χ0v) is 14.5. The largest absolute Gasteiger partial charge is 0.480 e. The fraction of sp³-hybridized carbons (Fsp3) is 0.125. The molecule has 0 atom stereocenters. The van der Waals surface area contributed by atoms with E-state index in [1.807, 2.05) is 0 Å². The van der Waals surface area contributed by atoms with Crippen molar-refractivity contribution in [2.45, 2.75) is 6.92 Å². The Kier molecular flexibility index (Phi) is 6.01. The third kappa shape index (κ3) is 5.58. The van der Waals surface area contributed by atoms with Crippen molar-refractivity contribution in [3.8, 4) is 11.5 Å². The Bertz CT molecular complexity index is 719. The number of nitrogens with one attached hydrogen (secondary N) is 1. The summed E-state index contributed by atoms with van der Waals surface area (Å²) < 4.78 is 11.3. The molecule has 0 saturated carbocycles. The number of hydrogen-bond donors (Lipinski definition) is 1. The summed E-state index contributed by atoms with van der Waals surface area (Å²) in [7, 11) is 0. The second-order valence-electron chi connectivity index (χ2n) is 4.54.